The van der Waals surface area contributed by atoms with Gasteiger partial charge in [-0.25, -0.2) is 0 Å². The molecule has 0 fully saturated rings. The molecular formula is C26H25N3O3. The van der Waals surface area contributed by atoms with E-state index in [1.54, 1.807) is 24.3 Å². The van der Waals surface area contributed by atoms with Crippen LogP contribution in [0, 0.1) is 0 Å². The molecule has 6 heteroatoms. The van der Waals surface area contributed by atoms with E-state index in [2.05, 4.69) is 16.7 Å². The van der Waals surface area contributed by atoms with Crippen molar-refractivity contribution in [1.82, 2.24) is 9.88 Å². The van der Waals surface area contributed by atoms with Crippen molar-refractivity contribution < 1.29 is 14.3 Å². The highest BCUT2D eigenvalue weighted by atomic mass is 16.5. The van der Waals surface area contributed by atoms with Gasteiger partial charge in [-0.1, -0.05) is 54.6 Å². The first-order valence-electron chi connectivity index (χ1n) is 10.6. The molecule has 4 rings (SSSR count). The van der Waals surface area contributed by atoms with Crippen LogP contribution in [0.25, 0.3) is 22.2 Å². The molecule has 0 aliphatic rings. The molecule has 0 saturated carbocycles. The molecule has 6 nitrogen and oxygen atoms in total. The predicted octanol–water partition coefficient (Wildman–Crippen LogP) is 4.46. The Morgan fingerprint density at radius 2 is 1.66 bits per heavy atom. The van der Waals surface area contributed by atoms with E-state index in [0.717, 1.165) is 22.2 Å². The van der Waals surface area contributed by atoms with Crippen LogP contribution in [0.15, 0.2) is 84.9 Å². The summed E-state index contributed by atoms with van der Waals surface area (Å²) in [5, 5.41) is 6.70. The monoisotopic (exact) mass is 427 g/mol. The summed E-state index contributed by atoms with van der Waals surface area (Å²) in [5.74, 6) is 0.185. The Morgan fingerprint density at radius 3 is 2.47 bits per heavy atom. The maximum atomic E-state index is 12.9. The zero-order valence-corrected chi connectivity index (χ0v) is 17.9. The van der Waals surface area contributed by atoms with E-state index in [9.17, 15) is 9.59 Å². The van der Waals surface area contributed by atoms with E-state index >= 15 is 0 Å². The number of anilines is 1. The number of nitrogens with one attached hydrogen (secondary N) is 2. The maximum absolute atomic E-state index is 12.9. The van der Waals surface area contributed by atoms with E-state index in [0.29, 0.717) is 18.0 Å². The van der Waals surface area contributed by atoms with Gasteiger partial charge in [0.25, 0.3) is 5.91 Å². The number of aromatic nitrogens is 1. The number of carbonyl (C=O) groups excluding carboxylic acids is 2. The average molecular weight is 428 g/mol. The molecule has 0 aliphatic carbocycles. The molecule has 0 radical (unpaired) electrons. The van der Waals surface area contributed by atoms with Gasteiger partial charge < -0.3 is 19.9 Å². The highest BCUT2D eigenvalue weighted by molar-refractivity contribution is 5.94. The lowest BCUT2D eigenvalue weighted by Gasteiger charge is -2.12. The second-order valence-corrected chi connectivity index (χ2v) is 7.36. The number of carbonyl (C=O) groups is 2. The Balaban J connectivity index is 1.51. The summed E-state index contributed by atoms with van der Waals surface area (Å²) < 4.78 is 7.54. The smallest absolute Gasteiger partial charge is 0.257 e. The maximum Gasteiger partial charge on any atom is 0.257 e. The number of hydrogen-bond donors (Lipinski definition) is 2. The Kier molecular flexibility index (Phi) is 6.51. The lowest BCUT2D eigenvalue weighted by molar-refractivity contribution is -0.123. The van der Waals surface area contributed by atoms with Gasteiger partial charge in [0.05, 0.1) is 0 Å². The Labute approximate surface area is 186 Å². The summed E-state index contributed by atoms with van der Waals surface area (Å²) >= 11 is 0. The van der Waals surface area contributed by atoms with Gasteiger partial charge in [-0.05, 0) is 36.8 Å². The van der Waals surface area contributed by atoms with Crippen LogP contribution in [0.1, 0.15) is 6.92 Å². The second kappa shape index (κ2) is 9.83. The molecule has 2 N–H and O–H groups in total. The van der Waals surface area contributed by atoms with E-state index in [4.69, 9.17) is 4.74 Å². The lowest BCUT2D eigenvalue weighted by Crippen LogP contribution is -2.28. The summed E-state index contributed by atoms with van der Waals surface area (Å²) in [4.78, 5) is 24.5. The van der Waals surface area contributed by atoms with Crippen molar-refractivity contribution in [3.05, 3.63) is 84.9 Å². The molecule has 32 heavy (non-hydrogen) atoms. The Morgan fingerprint density at radius 1 is 0.875 bits per heavy atom. The molecule has 4 aromatic rings. The minimum atomic E-state index is -0.185. The molecule has 1 aromatic heterocycles. The third kappa shape index (κ3) is 4.98. The first-order chi connectivity index (χ1) is 15.6. The van der Waals surface area contributed by atoms with Crippen LogP contribution in [-0.2, 0) is 16.1 Å². The number of hydrogen-bond acceptors (Lipinski definition) is 3. The fourth-order valence-electron chi connectivity index (χ4n) is 3.63. The summed E-state index contributed by atoms with van der Waals surface area (Å²) in [5.41, 5.74) is 3.65. The molecular weight excluding hydrogens is 402 g/mol. The van der Waals surface area contributed by atoms with Crippen molar-refractivity contribution in [2.45, 2.75) is 13.5 Å². The number of benzene rings is 3. The van der Waals surface area contributed by atoms with E-state index < -0.39 is 0 Å². The molecule has 0 atom stereocenters. The molecule has 1 heterocycles. The molecule has 2 amide bonds. The zero-order valence-electron chi connectivity index (χ0n) is 17.9. The van der Waals surface area contributed by atoms with E-state index in [-0.39, 0.29) is 25.0 Å². The first-order valence-corrected chi connectivity index (χ1v) is 10.6. The second-order valence-electron chi connectivity index (χ2n) is 7.36. The van der Waals surface area contributed by atoms with Gasteiger partial charge in [-0.2, -0.15) is 0 Å². The van der Waals surface area contributed by atoms with Crippen molar-refractivity contribution in [2.24, 2.45) is 0 Å². The van der Waals surface area contributed by atoms with Crippen molar-refractivity contribution in [2.75, 3.05) is 18.5 Å². The topological polar surface area (TPSA) is 72.4 Å². The van der Waals surface area contributed by atoms with Crippen LogP contribution < -0.4 is 15.4 Å². The van der Waals surface area contributed by atoms with Crippen molar-refractivity contribution in [3.8, 4) is 17.0 Å². The van der Waals surface area contributed by atoms with Gasteiger partial charge in [-0.3, -0.25) is 9.59 Å². The summed E-state index contributed by atoms with van der Waals surface area (Å²) in [6.45, 7) is 2.51. The third-order valence-corrected chi connectivity index (χ3v) is 5.04. The van der Waals surface area contributed by atoms with Crippen LogP contribution in [0.2, 0.25) is 0 Å². The number of ether oxygens (including phenoxy) is 1. The number of nitrogens with zero attached hydrogens (tertiary/aromatic N) is 1. The fraction of sp³-hybridized carbons (Fsp3) is 0.154. The molecule has 162 valence electrons. The highest BCUT2D eigenvalue weighted by Crippen LogP contribution is 2.28. The van der Waals surface area contributed by atoms with Crippen LogP contribution in [0.3, 0.4) is 0 Å². The van der Waals surface area contributed by atoms with Crippen LogP contribution >= 0.6 is 0 Å². The minimum Gasteiger partial charge on any atom is -0.484 e. The van der Waals surface area contributed by atoms with Gasteiger partial charge in [0.1, 0.15) is 12.3 Å². The van der Waals surface area contributed by atoms with Crippen molar-refractivity contribution in [1.29, 1.82) is 0 Å². The fourth-order valence-corrected chi connectivity index (χ4v) is 3.63. The number of fused-ring (bicyclic) bond motifs is 1. The highest BCUT2D eigenvalue weighted by Gasteiger charge is 2.14. The van der Waals surface area contributed by atoms with Gasteiger partial charge >= 0.3 is 0 Å². The SMILES string of the molecule is CCNC(=O)COc1cccc(NC(=O)Cn2c(-c3ccccc3)cc3ccccc32)c1. The van der Waals surface area contributed by atoms with Crippen molar-refractivity contribution in [3.63, 3.8) is 0 Å². The van der Waals surface area contributed by atoms with Crippen molar-refractivity contribution >= 4 is 28.4 Å². The quantitative estimate of drug-likeness (QED) is 0.436. The lowest BCUT2D eigenvalue weighted by atomic mass is 10.1. The molecule has 0 unspecified atom stereocenters. The molecule has 0 aliphatic heterocycles. The van der Waals surface area contributed by atoms with Gasteiger partial charge in [0, 0.05) is 34.9 Å². The van der Waals surface area contributed by atoms with Gasteiger partial charge in [0.2, 0.25) is 5.91 Å². The largest absolute Gasteiger partial charge is 0.484 e. The van der Waals surface area contributed by atoms with Crippen LogP contribution in [-0.4, -0.2) is 29.5 Å². The summed E-state index contributed by atoms with van der Waals surface area (Å²) in [7, 11) is 0. The van der Waals surface area contributed by atoms with E-state index in [1.807, 2.05) is 66.1 Å². The van der Waals surface area contributed by atoms with Gasteiger partial charge in [-0.15, -0.1) is 0 Å². The van der Waals surface area contributed by atoms with Gasteiger partial charge in [0.15, 0.2) is 6.61 Å². The molecule has 0 spiro atoms. The number of amides is 2. The van der Waals surface area contributed by atoms with E-state index in [1.165, 1.54) is 0 Å². The Hall–Kier alpha value is -4.06. The molecule has 0 bridgehead atoms. The Bertz CT molecular complexity index is 1230. The first kappa shape index (κ1) is 21.2. The van der Waals surface area contributed by atoms with Crippen LogP contribution in [0.5, 0.6) is 5.75 Å². The normalized spacial score (nSPS) is 10.7. The number of likely N-dealkylation sites (N-methyl/N-ethyl adjacent to an activating group) is 1. The predicted molar refractivity (Wildman–Crippen MR) is 127 cm³/mol. The number of rotatable bonds is 8. The standard InChI is InChI=1S/C26H25N3O3/c1-2-27-26(31)18-32-22-13-8-12-21(16-22)28-25(30)17-29-23-14-7-6-11-20(23)15-24(29)19-9-4-3-5-10-19/h3-16H,2,17-18H2,1H3,(H,27,31)(H,28,30). The summed E-state index contributed by atoms with van der Waals surface area (Å²) in [6, 6.07) is 27.2. The average Bonchev–Trinajstić information content (AvgIpc) is 3.17. The third-order valence-electron chi connectivity index (χ3n) is 5.04. The number of para-hydroxylation sites is 1. The molecule has 3 aromatic carbocycles. The minimum absolute atomic E-state index is 0.0684. The van der Waals surface area contributed by atoms with Crippen LogP contribution in [0.4, 0.5) is 5.69 Å². The summed E-state index contributed by atoms with van der Waals surface area (Å²) in [6.07, 6.45) is 0. The zero-order chi connectivity index (χ0) is 22.3. The molecule has 0 saturated heterocycles.